The number of rotatable bonds is 3. The number of benzene rings is 1. The van der Waals surface area contributed by atoms with Crippen LogP contribution in [0.25, 0.3) is 0 Å². The highest BCUT2D eigenvalue weighted by Crippen LogP contribution is 2.38. The van der Waals surface area contributed by atoms with Gasteiger partial charge in [0.2, 0.25) is 0 Å². The Balaban J connectivity index is 1.67. The van der Waals surface area contributed by atoms with Crippen molar-refractivity contribution >= 4 is 39.0 Å². The third-order valence-corrected chi connectivity index (χ3v) is 6.33. The molecule has 1 nitrogen and oxygen atoms in total. The van der Waals surface area contributed by atoms with Crippen molar-refractivity contribution in [1.82, 2.24) is 0 Å². The van der Waals surface area contributed by atoms with E-state index in [1.54, 1.807) is 11.3 Å². The van der Waals surface area contributed by atoms with Gasteiger partial charge in [0.1, 0.15) is 0 Å². The summed E-state index contributed by atoms with van der Waals surface area (Å²) in [5.41, 5.74) is 7.82. The maximum atomic E-state index is 6.37. The van der Waals surface area contributed by atoms with Crippen LogP contribution >= 0.6 is 39.0 Å². The molecule has 1 aromatic carbocycles. The van der Waals surface area contributed by atoms with Crippen molar-refractivity contribution in [2.45, 2.75) is 29.0 Å². The highest BCUT2D eigenvalue weighted by molar-refractivity contribution is 9.11. The van der Waals surface area contributed by atoms with Gasteiger partial charge in [-0.3, -0.25) is 0 Å². The second-order valence-corrected chi connectivity index (χ2v) is 8.37. The van der Waals surface area contributed by atoms with Crippen molar-refractivity contribution in [2.24, 2.45) is 5.73 Å². The van der Waals surface area contributed by atoms with Crippen molar-refractivity contribution in [3.05, 3.63) is 50.6 Å². The Morgan fingerprint density at radius 2 is 2.11 bits per heavy atom. The summed E-state index contributed by atoms with van der Waals surface area (Å²) < 4.78 is 1.19. The molecule has 3 rings (SSSR count). The molecule has 2 N–H and O–H groups in total. The maximum Gasteiger partial charge on any atom is 0.0701 e. The van der Waals surface area contributed by atoms with Crippen LogP contribution in [0.3, 0.4) is 0 Å². The number of hydrogen-bond donors (Lipinski definition) is 1. The molecule has 94 valence electrons. The number of hydrogen-bond acceptors (Lipinski definition) is 3. The molecule has 2 unspecified atom stereocenters. The van der Waals surface area contributed by atoms with E-state index in [-0.39, 0.29) is 6.04 Å². The quantitative estimate of drug-likeness (QED) is 0.910. The van der Waals surface area contributed by atoms with Crippen LogP contribution in [-0.2, 0) is 12.8 Å². The molecule has 0 radical (unpaired) electrons. The Hall–Kier alpha value is -0.290. The summed E-state index contributed by atoms with van der Waals surface area (Å²) in [5, 5.41) is 0.517. The van der Waals surface area contributed by atoms with Crippen molar-refractivity contribution < 1.29 is 0 Å². The van der Waals surface area contributed by atoms with Crippen LogP contribution in [0.1, 0.15) is 10.4 Å². The largest absolute Gasteiger partial charge is 0.326 e. The molecule has 4 heteroatoms. The average molecular weight is 340 g/mol. The first-order chi connectivity index (χ1) is 8.72. The van der Waals surface area contributed by atoms with Gasteiger partial charge in [-0.05, 0) is 52.5 Å². The van der Waals surface area contributed by atoms with Crippen molar-refractivity contribution in [1.29, 1.82) is 0 Å². The standard InChI is InChI=1S/C14H14BrNS2/c15-14-6-5-10(17-14)8-11(16)13-7-9-3-1-2-4-12(9)18-13/h1-6,11,13H,7-8,16H2. The normalized spacial score (nSPS) is 19.8. The third-order valence-electron chi connectivity index (χ3n) is 3.22. The zero-order chi connectivity index (χ0) is 12.5. The molecule has 2 atom stereocenters. The summed E-state index contributed by atoms with van der Waals surface area (Å²) in [6.45, 7) is 0. The lowest BCUT2D eigenvalue weighted by molar-refractivity contribution is 0.637. The van der Waals surface area contributed by atoms with Gasteiger partial charge in [0.15, 0.2) is 0 Å². The van der Waals surface area contributed by atoms with E-state index in [9.17, 15) is 0 Å². The Labute approximate surface area is 124 Å². The molecular formula is C14H14BrNS2. The molecule has 0 fully saturated rings. The van der Waals surface area contributed by atoms with E-state index in [0.717, 1.165) is 12.8 Å². The summed E-state index contributed by atoms with van der Waals surface area (Å²) >= 11 is 7.23. The first kappa shape index (κ1) is 12.7. The fourth-order valence-corrected chi connectivity index (χ4v) is 5.15. The third kappa shape index (κ3) is 2.67. The zero-order valence-corrected chi connectivity index (χ0v) is 13.0. The topological polar surface area (TPSA) is 26.0 Å². The molecule has 0 bridgehead atoms. The first-order valence-electron chi connectivity index (χ1n) is 5.97. The van der Waals surface area contributed by atoms with Gasteiger partial charge in [-0.1, -0.05) is 18.2 Å². The minimum Gasteiger partial charge on any atom is -0.326 e. The second-order valence-electron chi connectivity index (χ2n) is 4.54. The molecule has 18 heavy (non-hydrogen) atoms. The summed E-state index contributed by atoms with van der Waals surface area (Å²) in [5.74, 6) is 0. The van der Waals surface area contributed by atoms with Crippen molar-refractivity contribution in [3.63, 3.8) is 0 Å². The Morgan fingerprint density at radius 1 is 1.28 bits per heavy atom. The molecule has 1 aromatic heterocycles. The molecule has 1 aliphatic heterocycles. The van der Waals surface area contributed by atoms with Crippen LogP contribution in [0.4, 0.5) is 0 Å². The number of thioether (sulfide) groups is 1. The van der Waals surface area contributed by atoms with Gasteiger partial charge < -0.3 is 5.73 Å². The van der Waals surface area contributed by atoms with E-state index in [1.165, 1.54) is 19.1 Å². The van der Waals surface area contributed by atoms with Crippen LogP contribution in [0.2, 0.25) is 0 Å². The van der Waals surface area contributed by atoms with E-state index >= 15 is 0 Å². The van der Waals surface area contributed by atoms with Gasteiger partial charge in [0.25, 0.3) is 0 Å². The number of fused-ring (bicyclic) bond motifs is 1. The summed E-state index contributed by atoms with van der Waals surface area (Å²) in [6, 6.07) is 13.1. The molecular weight excluding hydrogens is 326 g/mol. The van der Waals surface area contributed by atoms with Crippen molar-refractivity contribution in [2.75, 3.05) is 0 Å². The predicted molar refractivity (Wildman–Crippen MR) is 83.5 cm³/mol. The van der Waals surface area contributed by atoms with E-state index in [1.807, 2.05) is 11.8 Å². The van der Waals surface area contributed by atoms with Crippen molar-refractivity contribution in [3.8, 4) is 0 Å². The predicted octanol–water partition coefficient (Wildman–Crippen LogP) is 4.10. The van der Waals surface area contributed by atoms with Crippen LogP contribution in [0.5, 0.6) is 0 Å². The minimum atomic E-state index is 0.230. The lowest BCUT2D eigenvalue weighted by Gasteiger charge is -2.17. The van der Waals surface area contributed by atoms with Crippen LogP contribution < -0.4 is 5.73 Å². The molecule has 0 amide bonds. The highest BCUT2D eigenvalue weighted by atomic mass is 79.9. The van der Waals surface area contributed by atoms with Gasteiger partial charge in [-0.25, -0.2) is 0 Å². The molecule has 0 spiro atoms. The van der Waals surface area contributed by atoms with Crippen LogP contribution in [0, 0.1) is 0 Å². The molecule has 0 aliphatic carbocycles. The summed E-state index contributed by atoms with van der Waals surface area (Å²) in [6.07, 6.45) is 2.08. The van der Waals surface area contributed by atoms with E-state index in [4.69, 9.17) is 5.73 Å². The van der Waals surface area contributed by atoms with Gasteiger partial charge in [-0.2, -0.15) is 0 Å². The lowest BCUT2D eigenvalue weighted by atomic mass is 10.0. The van der Waals surface area contributed by atoms with Gasteiger partial charge in [0.05, 0.1) is 3.79 Å². The summed E-state index contributed by atoms with van der Waals surface area (Å²) in [7, 11) is 0. The fourth-order valence-electron chi connectivity index (χ4n) is 2.27. The van der Waals surface area contributed by atoms with Crippen LogP contribution in [-0.4, -0.2) is 11.3 Å². The smallest absolute Gasteiger partial charge is 0.0701 e. The SMILES string of the molecule is NC(Cc1ccc(Br)s1)C1Cc2ccccc2S1. The van der Waals surface area contributed by atoms with E-state index in [0.29, 0.717) is 5.25 Å². The number of halogens is 1. The first-order valence-corrected chi connectivity index (χ1v) is 8.45. The maximum absolute atomic E-state index is 6.37. The molecule has 0 saturated heterocycles. The van der Waals surface area contributed by atoms with Gasteiger partial charge >= 0.3 is 0 Å². The molecule has 0 saturated carbocycles. The summed E-state index contributed by atoms with van der Waals surface area (Å²) in [4.78, 5) is 2.77. The molecule has 2 aromatic rings. The monoisotopic (exact) mass is 339 g/mol. The Morgan fingerprint density at radius 3 is 2.83 bits per heavy atom. The second kappa shape index (κ2) is 5.37. The number of thiophene rings is 1. The van der Waals surface area contributed by atoms with Gasteiger partial charge in [-0.15, -0.1) is 23.1 Å². The molecule has 1 aliphatic rings. The van der Waals surface area contributed by atoms with E-state index < -0.39 is 0 Å². The van der Waals surface area contributed by atoms with Gasteiger partial charge in [0, 0.05) is 21.1 Å². The lowest BCUT2D eigenvalue weighted by Crippen LogP contribution is -2.34. The minimum absolute atomic E-state index is 0.230. The Bertz CT molecular complexity index is 527. The molecule has 2 heterocycles. The highest BCUT2D eigenvalue weighted by Gasteiger charge is 2.27. The van der Waals surface area contributed by atoms with Crippen LogP contribution in [0.15, 0.2) is 45.1 Å². The zero-order valence-electron chi connectivity index (χ0n) is 9.80. The van der Waals surface area contributed by atoms with E-state index in [2.05, 4.69) is 52.3 Å². The Kier molecular flexibility index (Phi) is 3.80. The number of nitrogens with two attached hydrogens (primary N) is 1. The fraction of sp³-hybridized carbons (Fsp3) is 0.286. The average Bonchev–Trinajstić information content (AvgIpc) is 2.95.